The molecule has 1 fully saturated rings. The molecule has 1 aromatic heterocycles. The predicted molar refractivity (Wildman–Crippen MR) is 82.3 cm³/mol. The lowest BCUT2D eigenvalue weighted by molar-refractivity contribution is 0.700. The maximum Gasteiger partial charge on any atom is 0.227 e. The molecule has 2 aromatic rings. The van der Waals surface area contributed by atoms with Crippen LogP contribution in [0.1, 0.15) is 35.8 Å². The topological polar surface area (TPSA) is 52.8 Å². The number of nitrogens with zero attached hydrogens (tertiary/aromatic N) is 4. The Balaban J connectivity index is 1.96. The molecule has 1 aromatic carbocycles. The van der Waals surface area contributed by atoms with Gasteiger partial charge in [-0.1, -0.05) is 23.7 Å². The van der Waals surface area contributed by atoms with Crippen molar-refractivity contribution in [1.82, 2.24) is 9.97 Å². The van der Waals surface area contributed by atoms with Crippen LogP contribution in [0.15, 0.2) is 30.3 Å². The fourth-order valence-corrected chi connectivity index (χ4v) is 2.90. The molecule has 0 spiro atoms. The van der Waals surface area contributed by atoms with Gasteiger partial charge in [-0.3, -0.25) is 0 Å². The molecule has 1 saturated heterocycles. The van der Waals surface area contributed by atoms with Gasteiger partial charge < -0.3 is 4.90 Å². The lowest BCUT2D eigenvalue weighted by Gasteiger charge is -2.25. The number of rotatable bonds is 2. The summed E-state index contributed by atoms with van der Waals surface area (Å²) < 4.78 is 0. The maximum atomic E-state index is 9.07. The minimum absolute atomic E-state index is 0.246. The molecule has 0 radical (unpaired) electrons. The first-order chi connectivity index (χ1) is 10.2. The molecule has 0 amide bonds. The molecular formula is C16H15ClN4. The van der Waals surface area contributed by atoms with E-state index in [-0.39, 0.29) is 6.04 Å². The largest absolute Gasteiger partial charge is 0.334 e. The van der Waals surface area contributed by atoms with Crippen molar-refractivity contribution in [3.8, 4) is 6.07 Å². The molecule has 106 valence electrons. The summed E-state index contributed by atoms with van der Waals surface area (Å²) >= 11 is 5.96. The van der Waals surface area contributed by atoms with Crippen LogP contribution in [-0.2, 0) is 0 Å². The Hall–Kier alpha value is -2.12. The van der Waals surface area contributed by atoms with Gasteiger partial charge in [0.05, 0.1) is 6.04 Å². The fourth-order valence-electron chi connectivity index (χ4n) is 2.78. The number of aryl methyl sites for hydroxylation is 1. The summed E-state index contributed by atoms with van der Waals surface area (Å²) in [7, 11) is 0. The Labute approximate surface area is 129 Å². The number of halogens is 1. The van der Waals surface area contributed by atoms with E-state index in [1.807, 2.05) is 31.2 Å². The van der Waals surface area contributed by atoms with Gasteiger partial charge in [-0.25, -0.2) is 9.97 Å². The van der Waals surface area contributed by atoms with E-state index in [2.05, 4.69) is 20.9 Å². The van der Waals surface area contributed by atoms with Crippen molar-refractivity contribution in [2.75, 3.05) is 11.4 Å². The zero-order valence-corrected chi connectivity index (χ0v) is 12.5. The normalized spacial score (nSPS) is 17.8. The summed E-state index contributed by atoms with van der Waals surface area (Å²) in [5, 5.41) is 9.81. The zero-order chi connectivity index (χ0) is 14.8. The molecule has 2 heterocycles. The summed E-state index contributed by atoms with van der Waals surface area (Å²) in [5.74, 6) is 0.643. The molecule has 1 atom stereocenters. The van der Waals surface area contributed by atoms with Crippen LogP contribution in [0.2, 0.25) is 5.02 Å². The SMILES string of the molecule is Cc1cc(C#N)nc(N2CCCC2c2ccc(Cl)cc2)n1. The zero-order valence-electron chi connectivity index (χ0n) is 11.8. The van der Waals surface area contributed by atoms with E-state index in [9.17, 15) is 0 Å². The molecule has 1 unspecified atom stereocenters. The number of aromatic nitrogens is 2. The Morgan fingerprint density at radius 3 is 2.76 bits per heavy atom. The summed E-state index contributed by atoms with van der Waals surface area (Å²) in [6, 6.07) is 12.0. The quantitative estimate of drug-likeness (QED) is 0.849. The first-order valence-electron chi connectivity index (χ1n) is 6.95. The number of anilines is 1. The highest BCUT2D eigenvalue weighted by Gasteiger charge is 2.28. The summed E-state index contributed by atoms with van der Waals surface area (Å²) in [5.41, 5.74) is 2.44. The van der Waals surface area contributed by atoms with Crippen molar-refractivity contribution in [2.24, 2.45) is 0 Å². The third-order valence-corrected chi connectivity index (χ3v) is 3.97. The van der Waals surface area contributed by atoms with Crippen molar-refractivity contribution in [3.05, 3.63) is 52.3 Å². The monoisotopic (exact) mass is 298 g/mol. The van der Waals surface area contributed by atoms with Gasteiger partial charge in [0.2, 0.25) is 5.95 Å². The van der Waals surface area contributed by atoms with Gasteiger partial charge in [-0.15, -0.1) is 0 Å². The first kappa shape index (κ1) is 13.8. The molecule has 5 heteroatoms. The summed E-state index contributed by atoms with van der Waals surface area (Å²) in [6.07, 6.45) is 2.15. The van der Waals surface area contributed by atoms with E-state index in [0.29, 0.717) is 11.6 Å². The van der Waals surface area contributed by atoms with Crippen molar-refractivity contribution in [3.63, 3.8) is 0 Å². The van der Waals surface area contributed by atoms with Gasteiger partial charge in [0, 0.05) is 17.3 Å². The Morgan fingerprint density at radius 1 is 1.29 bits per heavy atom. The van der Waals surface area contributed by atoms with E-state index in [1.54, 1.807) is 6.07 Å². The molecule has 0 N–H and O–H groups in total. The van der Waals surface area contributed by atoms with Gasteiger partial charge in [0.25, 0.3) is 0 Å². The highest BCUT2D eigenvalue weighted by molar-refractivity contribution is 6.30. The fraction of sp³-hybridized carbons (Fsp3) is 0.312. The minimum Gasteiger partial charge on any atom is -0.334 e. The van der Waals surface area contributed by atoms with E-state index in [0.717, 1.165) is 30.1 Å². The van der Waals surface area contributed by atoms with Gasteiger partial charge in [-0.05, 0) is 43.5 Å². The molecule has 3 rings (SSSR count). The molecule has 0 bridgehead atoms. The average molecular weight is 299 g/mol. The summed E-state index contributed by atoms with van der Waals surface area (Å²) in [4.78, 5) is 11.0. The second-order valence-corrected chi connectivity index (χ2v) is 5.65. The van der Waals surface area contributed by atoms with E-state index >= 15 is 0 Å². The van der Waals surface area contributed by atoms with Gasteiger partial charge in [0.1, 0.15) is 11.8 Å². The standard InChI is InChI=1S/C16H15ClN4/c1-11-9-14(10-18)20-16(19-11)21-8-2-3-15(21)12-4-6-13(17)7-5-12/h4-7,9,15H,2-3,8H2,1H3. The third kappa shape index (κ3) is 2.84. The van der Waals surface area contributed by atoms with Crippen LogP contribution in [0, 0.1) is 18.3 Å². The van der Waals surface area contributed by atoms with Crippen molar-refractivity contribution < 1.29 is 0 Å². The van der Waals surface area contributed by atoms with Gasteiger partial charge >= 0.3 is 0 Å². The van der Waals surface area contributed by atoms with Crippen molar-refractivity contribution in [2.45, 2.75) is 25.8 Å². The highest BCUT2D eigenvalue weighted by atomic mass is 35.5. The summed E-state index contributed by atoms with van der Waals surface area (Å²) in [6.45, 7) is 2.79. The Bertz CT molecular complexity index is 690. The van der Waals surface area contributed by atoms with Crippen LogP contribution in [0.5, 0.6) is 0 Å². The van der Waals surface area contributed by atoms with Crippen LogP contribution in [-0.4, -0.2) is 16.5 Å². The number of hydrogen-bond acceptors (Lipinski definition) is 4. The second-order valence-electron chi connectivity index (χ2n) is 5.21. The van der Waals surface area contributed by atoms with E-state index < -0.39 is 0 Å². The van der Waals surface area contributed by atoms with Gasteiger partial charge in [0.15, 0.2) is 0 Å². The lowest BCUT2D eigenvalue weighted by atomic mass is 10.1. The van der Waals surface area contributed by atoms with Crippen molar-refractivity contribution in [1.29, 1.82) is 5.26 Å². The lowest BCUT2D eigenvalue weighted by Crippen LogP contribution is -2.25. The third-order valence-electron chi connectivity index (χ3n) is 3.72. The van der Waals surface area contributed by atoms with E-state index in [1.165, 1.54) is 5.56 Å². The maximum absolute atomic E-state index is 9.07. The second kappa shape index (κ2) is 5.71. The van der Waals surface area contributed by atoms with Gasteiger partial charge in [-0.2, -0.15) is 5.26 Å². The predicted octanol–water partition coefficient (Wildman–Crippen LogP) is 3.65. The molecule has 21 heavy (non-hydrogen) atoms. The van der Waals surface area contributed by atoms with E-state index in [4.69, 9.17) is 16.9 Å². The highest BCUT2D eigenvalue weighted by Crippen LogP contribution is 2.34. The van der Waals surface area contributed by atoms with Crippen LogP contribution in [0.25, 0.3) is 0 Å². The van der Waals surface area contributed by atoms with Crippen LogP contribution in [0.3, 0.4) is 0 Å². The molecular weight excluding hydrogens is 284 g/mol. The van der Waals surface area contributed by atoms with Crippen molar-refractivity contribution >= 4 is 17.5 Å². The molecule has 4 nitrogen and oxygen atoms in total. The molecule has 1 aliphatic rings. The minimum atomic E-state index is 0.246. The van der Waals surface area contributed by atoms with Crippen LogP contribution in [0.4, 0.5) is 5.95 Å². The molecule has 1 aliphatic heterocycles. The number of benzene rings is 1. The Kier molecular flexibility index (Phi) is 3.76. The number of nitriles is 1. The Morgan fingerprint density at radius 2 is 2.05 bits per heavy atom. The van der Waals surface area contributed by atoms with Crippen LogP contribution >= 0.6 is 11.6 Å². The molecule has 0 saturated carbocycles. The average Bonchev–Trinajstić information content (AvgIpc) is 2.97. The van der Waals surface area contributed by atoms with Crippen LogP contribution < -0.4 is 4.90 Å². The molecule has 0 aliphatic carbocycles. The smallest absolute Gasteiger partial charge is 0.227 e. The number of hydrogen-bond donors (Lipinski definition) is 0. The first-order valence-corrected chi connectivity index (χ1v) is 7.33.